The molecule has 0 aliphatic heterocycles. The third kappa shape index (κ3) is 2.91. The Morgan fingerprint density at radius 1 is 1.41 bits per heavy atom. The molecule has 0 aliphatic carbocycles. The average Bonchev–Trinajstić information content (AvgIpc) is 2.74. The highest BCUT2D eigenvalue weighted by molar-refractivity contribution is 7.98. The van der Waals surface area contributed by atoms with E-state index in [-0.39, 0.29) is 5.56 Å². The molecule has 1 aromatic carbocycles. The van der Waals surface area contributed by atoms with Crippen molar-refractivity contribution in [3.8, 4) is 0 Å². The van der Waals surface area contributed by atoms with E-state index in [9.17, 15) is 4.79 Å². The van der Waals surface area contributed by atoms with Gasteiger partial charge in [-0.1, -0.05) is 17.7 Å². The first-order valence-electron chi connectivity index (χ1n) is 5.16. The van der Waals surface area contributed by atoms with Gasteiger partial charge >= 0.3 is 5.97 Å². The van der Waals surface area contributed by atoms with Gasteiger partial charge in [0.25, 0.3) is 0 Å². The van der Waals surface area contributed by atoms with Crippen LogP contribution in [0.25, 0.3) is 0 Å². The molecule has 2 rings (SSSR count). The molecular weight excluding hydrogens is 236 g/mol. The van der Waals surface area contributed by atoms with Crippen LogP contribution >= 0.6 is 11.8 Å². The van der Waals surface area contributed by atoms with Gasteiger partial charge in [-0.2, -0.15) is 0 Å². The summed E-state index contributed by atoms with van der Waals surface area (Å²) in [6, 6.07) is 9.56. The summed E-state index contributed by atoms with van der Waals surface area (Å²) in [6.07, 6.45) is 1.41. The van der Waals surface area contributed by atoms with Crippen LogP contribution in [0.15, 0.2) is 45.9 Å². The number of benzene rings is 1. The summed E-state index contributed by atoms with van der Waals surface area (Å²) in [5.41, 5.74) is 1.43. The zero-order valence-electron chi connectivity index (χ0n) is 9.34. The molecule has 17 heavy (non-hydrogen) atoms. The average molecular weight is 248 g/mol. The highest BCUT2D eigenvalue weighted by atomic mass is 32.2. The molecule has 0 radical (unpaired) electrons. The Bertz CT molecular complexity index is 531. The van der Waals surface area contributed by atoms with Gasteiger partial charge in [-0.15, -0.1) is 11.8 Å². The summed E-state index contributed by atoms with van der Waals surface area (Å²) in [5, 5.41) is 8.93. The minimum Gasteiger partial charge on any atom is -0.478 e. The Labute approximate surface area is 103 Å². The van der Waals surface area contributed by atoms with Crippen LogP contribution in [0.1, 0.15) is 21.7 Å². The van der Waals surface area contributed by atoms with Crippen LogP contribution in [-0.2, 0) is 5.75 Å². The number of aryl methyl sites for hydroxylation is 1. The third-order valence-corrected chi connectivity index (χ3v) is 3.33. The number of carboxylic acids is 1. The van der Waals surface area contributed by atoms with Gasteiger partial charge in [-0.25, -0.2) is 4.79 Å². The second-order valence-electron chi connectivity index (χ2n) is 3.67. The van der Waals surface area contributed by atoms with Crippen LogP contribution in [0.4, 0.5) is 0 Å². The fourth-order valence-electron chi connectivity index (χ4n) is 1.50. The molecule has 3 nitrogen and oxygen atoms in total. The summed E-state index contributed by atoms with van der Waals surface area (Å²) in [7, 11) is 0. The first-order valence-corrected chi connectivity index (χ1v) is 6.14. The Balaban J connectivity index is 2.07. The van der Waals surface area contributed by atoms with Crippen molar-refractivity contribution in [2.75, 3.05) is 0 Å². The lowest BCUT2D eigenvalue weighted by molar-refractivity contribution is 0.0695. The first-order chi connectivity index (χ1) is 8.16. The first kappa shape index (κ1) is 11.8. The molecule has 0 unspecified atom stereocenters. The normalized spacial score (nSPS) is 10.4. The molecule has 0 atom stereocenters. The predicted molar refractivity (Wildman–Crippen MR) is 66.4 cm³/mol. The fraction of sp³-hybridized carbons (Fsp3) is 0.154. The minimum absolute atomic E-state index is 0.241. The second-order valence-corrected chi connectivity index (χ2v) is 4.72. The molecule has 1 aromatic heterocycles. The van der Waals surface area contributed by atoms with E-state index < -0.39 is 5.97 Å². The van der Waals surface area contributed by atoms with Gasteiger partial charge in [0.2, 0.25) is 0 Å². The highest BCUT2D eigenvalue weighted by Gasteiger charge is 2.13. The number of rotatable bonds is 4. The zero-order valence-corrected chi connectivity index (χ0v) is 10.2. The third-order valence-electron chi connectivity index (χ3n) is 2.34. The Hall–Kier alpha value is -1.68. The quantitative estimate of drug-likeness (QED) is 0.840. The lowest BCUT2D eigenvalue weighted by Gasteiger charge is -2.01. The molecule has 0 amide bonds. The Kier molecular flexibility index (Phi) is 3.54. The zero-order chi connectivity index (χ0) is 12.3. The molecule has 4 heteroatoms. The number of hydrogen-bond acceptors (Lipinski definition) is 3. The van der Waals surface area contributed by atoms with Crippen LogP contribution in [0, 0.1) is 6.92 Å². The standard InChI is InChI=1S/C13H12O3S/c1-9-3-2-4-10(7-9)17-8-12-11(13(14)15)5-6-16-12/h2-7H,8H2,1H3,(H,14,15). The fourth-order valence-corrected chi connectivity index (χ4v) is 2.46. The summed E-state index contributed by atoms with van der Waals surface area (Å²) in [5.74, 6) is 0.0838. The molecule has 0 spiro atoms. The van der Waals surface area contributed by atoms with E-state index in [4.69, 9.17) is 9.52 Å². The number of hydrogen-bond donors (Lipinski definition) is 1. The van der Waals surface area contributed by atoms with E-state index in [0.717, 1.165) is 4.90 Å². The molecule has 0 saturated heterocycles. The summed E-state index contributed by atoms with van der Waals surface area (Å²) < 4.78 is 5.18. The van der Waals surface area contributed by atoms with Crippen LogP contribution in [-0.4, -0.2) is 11.1 Å². The van der Waals surface area contributed by atoms with Crippen molar-refractivity contribution >= 4 is 17.7 Å². The van der Waals surface area contributed by atoms with E-state index in [0.29, 0.717) is 11.5 Å². The van der Waals surface area contributed by atoms with Crippen molar-refractivity contribution in [3.63, 3.8) is 0 Å². The van der Waals surface area contributed by atoms with Crippen LogP contribution in [0.3, 0.4) is 0 Å². The van der Waals surface area contributed by atoms with Gasteiger partial charge in [0.15, 0.2) is 0 Å². The molecule has 0 aliphatic rings. The van der Waals surface area contributed by atoms with Gasteiger partial charge in [-0.05, 0) is 25.1 Å². The lowest BCUT2D eigenvalue weighted by Crippen LogP contribution is -1.97. The predicted octanol–water partition coefficient (Wildman–Crippen LogP) is 3.58. The van der Waals surface area contributed by atoms with E-state index in [1.807, 2.05) is 25.1 Å². The van der Waals surface area contributed by atoms with Gasteiger partial charge in [0, 0.05) is 4.90 Å². The molecule has 0 fully saturated rings. The Morgan fingerprint density at radius 3 is 2.94 bits per heavy atom. The second kappa shape index (κ2) is 5.10. The molecule has 88 valence electrons. The Morgan fingerprint density at radius 2 is 2.24 bits per heavy atom. The maximum absolute atomic E-state index is 10.9. The van der Waals surface area contributed by atoms with Gasteiger partial charge in [-0.3, -0.25) is 0 Å². The van der Waals surface area contributed by atoms with Crippen molar-refractivity contribution < 1.29 is 14.3 Å². The van der Waals surface area contributed by atoms with Gasteiger partial charge in [0.05, 0.1) is 12.0 Å². The number of carbonyl (C=O) groups is 1. The lowest BCUT2D eigenvalue weighted by atomic mass is 10.2. The molecule has 2 aromatic rings. The van der Waals surface area contributed by atoms with Crippen molar-refractivity contribution in [1.29, 1.82) is 0 Å². The number of thioether (sulfide) groups is 1. The number of furan rings is 1. The minimum atomic E-state index is -0.946. The SMILES string of the molecule is Cc1cccc(SCc2occc2C(=O)O)c1. The van der Waals surface area contributed by atoms with Gasteiger partial charge < -0.3 is 9.52 Å². The highest BCUT2D eigenvalue weighted by Crippen LogP contribution is 2.25. The van der Waals surface area contributed by atoms with Gasteiger partial charge in [0.1, 0.15) is 11.3 Å². The largest absolute Gasteiger partial charge is 0.478 e. The van der Waals surface area contributed by atoms with Crippen LogP contribution in [0.5, 0.6) is 0 Å². The topological polar surface area (TPSA) is 50.4 Å². The van der Waals surface area contributed by atoms with E-state index in [2.05, 4.69) is 6.07 Å². The summed E-state index contributed by atoms with van der Waals surface area (Å²) in [4.78, 5) is 12.0. The molecule has 0 bridgehead atoms. The smallest absolute Gasteiger partial charge is 0.339 e. The molecule has 1 heterocycles. The maximum atomic E-state index is 10.9. The maximum Gasteiger partial charge on any atom is 0.339 e. The van der Waals surface area contributed by atoms with E-state index in [1.165, 1.54) is 17.9 Å². The van der Waals surface area contributed by atoms with Crippen molar-refractivity contribution in [3.05, 3.63) is 53.5 Å². The van der Waals surface area contributed by atoms with E-state index in [1.54, 1.807) is 11.8 Å². The molecular formula is C13H12O3S. The van der Waals surface area contributed by atoms with Crippen molar-refractivity contribution in [2.45, 2.75) is 17.6 Å². The number of carboxylic acid groups (broad SMARTS) is 1. The molecule has 1 N–H and O–H groups in total. The summed E-state index contributed by atoms with van der Waals surface area (Å²) >= 11 is 1.57. The van der Waals surface area contributed by atoms with E-state index >= 15 is 0 Å². The number of aromatic carboxylic acids is 1. The van der Waals surface area contributed by atoms with Crippen molar-refractivity contribution in [1.82, 2.24) is 0 Å². The summed E-state index contributed by atoms with van der Waals surface area (Å²) in [6.45, 7) is 2.03. The molecule has 0 saturated carbocycles. The van der Waals surface area contributed by atoms with Crippen molar-refractivity contribution in [2.24, 2.45) is 0 Å². The monoisotopic (exact) mass is 248 g/mol. The van der Waals surface area contributed by atoms with Crippen LogP contribution in [0.2, 0.25) is 0 Å². The van der Waals surface area contributed by atoms with Crippen LogP contribution < -0.4 is 0 Å².